The second-order valence-corrected chi connectivity index (χ2v) is 9.52. The summed E-state index contributed by atoms with van der Waals surface area (Å²) in [6.07, 6.45) is 9.30. The second-order valence-electron chi connectivity index (χ2n) is 9.52. The van der Waals surface area contributed by atoms with Crippen LogP contribution in [0.3, 0.4) is 0 Å². The van der Waals surface area contributed by atoms with E-state index >= 15 is 0 Å². The van der Waals surface area contributed by atoms with Crippen molar-refractivity contribution in [1.29, 1.82) is 0 Å². The summed E-state index contributed by atoms with van der Waals surface area (Å²) in [6, 6.07) is 22.0. The van der Waals surface area contributed by atoms with Gasteiger partial charge in [0.15, 0.2) is 0 Å². The molecule has 0 saturated heterocycles. The molecule has 170 valence electrons. The van der Waals surface area contributed by atoms with Crippen LogP contribution in [0.15, 0.2) is 60.7 Å². The summed E-state index contributed by atoms with van der Waals surface area (Å²) in [4.78, 5) is 7.84. The molecular formula is C29H39N3. The number of hydrogen-bond donors (Lipinski definition) is 0. The molecule has 1 fully saturated rings. The van der Waals surface area contributed by atoms with Crippen LogP contribution in [0.4, 0.5) is 0 Å². The molecule has 0 radical (unpaired) electrons. The Morgan fingerprint density at radius 3 is 2.19 bits per heavy atom. The van der Waals surface area contributed by atoms with Crippen LogP contribution >= 0.6 is 0 Å². The number of unbranched alkanes of at least 4 members (excludes halogenated alkanes) is 1. The number of imidazole rings is 1. The maximum atomic E-state index is 5.26. The number of hydrogen-bond acceptors (Lipinski definition) is 2. The fourth-order valence-electron chi connectivity index (χ4n) is 5.20. The van der Waals surface area contributed by atoms with Crippen LogP contribution in [0.25, 0.3) is 22.6 Å². The van der Waals surface area contributed by atoms with Crippen LogP contribution in [0.2, 0.25) is 0 Å². The van der Waals surface area contributed by atoms with Gasteiger partial charge in [-0.1, -0.05) is 93.3 Å². The molecule has 0 spiro atoms. The summed E-state index contributed by atoms with van der Waals surface area (Å²) in [5.74, 6) is 1.92. The lowest BCUT2D eigenvalue weighted by Crippen LogP contribution is -2.36. The molecule has 1 atom stereocenters. The third-order valence-electron chi connectivity index (χ3n) is 7.31. The highest BCUT2D eigenvalue weighted by molar-refractivity contribution is 5.68. The van der Waals surface area contributed by atoms with Crippen molar-refractivity contribution in [2.75, 3.05) is 7.05 Å². The van der Waals surface area contributed by atoms with Gasteiger partial charge in [0.25, 0.3) is 0 Å². The van der Waals surface area contributed by atoms with Crippen molar-refractivity contribution in [3.63, 3.8) is 0 Å². The number of nitrogens with zero attached hydrogens (tertiary/aromatic N) is 3. The van der Waals surface area contributed by atoms with E-state index in [4.69, 9.17) is 4.98 Å². The molecule has 0 N–H and O–H groups in total. The van der Waals surface area contributed by atoms with Crippen LogP contribution < -0.4 is 0 Å². The molecule has 3 nitrogen and oxygen atoms in total. The highest BCUT2D eigenvalue weighted by Gasteiger charge is 2.26. The summed E-state index contributed by atoms with van der Waals surface area (Å²) in [5.41, 5.74) is 4.92. The standard InChI is InChI=1S/C29H39N3/c1-4-5-21-32-27(22-31(3)23(2)24-15-9-6-10-16-24)28(25-17-11-7-12-18-25)30-29(32)26-19-13-8-14-20-26/h7-8,11-14,17-20,23-24H,4-6,9-10,15-16,21-22H2,1-3H3. The SMILES string of the molecule is CCCCn1c(-c2ccccc2)nc(-c2ccccc2)c1CN(C)C(C)C1CCCCC1. The monoisotopic (exact) mass is 429 g/mol. The van der Waals surface area contributed by atoms with Gasteiger partial charge in [-0.15, -0.1) is 0 Å². The van der Waals surface area contributed by atoms with Crippen LogP contribution in [0.1, 0.15) is 64.5 Å². The molecule has 1 aliphatic rings. The Bertz CT molecular complexity index is 955. The molecule has 1 aromatic heterocycles. The van der Waals surface area contributed by atoms with Gasteiger partial charge in [0.1, 0.15) is 5.82 Å². The van der Waals surface area contributed by atoms with Gasteiger partial charge < -0.3 is 4.57 Å². The fraction of sp³-hybridized carbons (Fsp3) is 0.483. The first-order valence-electron chi connectivity index (χ1n) is 12.6. The molecule has 1 heterocycles. The Balaban J connectivity index is 1.74. The minimum Gasteiger partial charge on any atom is -0.326 e. The van der Waals surface area contributed by atoms with Crippen LogP contribution in [-0.2, 0) is 13.1 Å². The van der Waals surface area contributed by atoms with Crippen molar-refractivity contribution < 1.29 is 0 Å². The third-order valence-corrected chi connectivity index (χ3v) is 7.31. The molecule has 0 amide bonds. The average molecular weight is 430 g/mol. The van der Waals surface area contributed by atoms with E-state index in [2.05, 4.69) is 91.0 Å². The molecule has 1 saturated carbocycles. The Morgan fingerprint density at radius 1 is 0.938 bits per heavy atom. The second kappa shape index (κ2) is 11.0. The van der Waals surface area contributed by atoms with E-state index < -0.39 is 0 Å². The highest BCUT2D eigenvalue weighted by Crippen LogP contribution is 2.33. The number of benzene rings is 2. The third kappa shape index (κ3) is 5.15. The van der Waals surface area contributed by atoms with Gasteiger partial charge in [-0.05, 0) is 39.2 Å². The van der Waals surface area contributed by atoms with Crippen molar-refractivity contribution in [1.82, 2.24) is 14.5 Å². The van der Waals surface area contributed by atoms with Crippen LogP contribution in [0, 0.1) is 5.92 Å². The summed E-state index contributed by atoms with van der Waals surface area (Å²) in [5, 5.41) is 0. The molecule has 3 heteroatoms. The van der Waals surface area contributed by atoms with Gasteiger partial charge in [0.2, 0.25) is 0 Å². The lowest BCUT2D eigenvalue weighted by atomic mass is 9.84. The summed E-state index contributed by atoms with van der Waals surface area (Å²) in [7, 11) is 2.31. The molecule has 3 aromatic rings. The fourth-order valence-corrected chi connectivity index (χ4v) is 5.20. The molecule has 0 bridgehead atoms. The first kappa shape index (κ1) is 22.8. The first-order chi connectivity index (χ1) is 15.7. The zero-order chi connectivity index (χ0) is 22.3. The van der Waals surface area contributed by atoms with Gasteiger partial charge in [0, 0.05) is 30.3 Å². The average Bonchev–Trinajstić information content (AvgIpc) is 3.21. The maximum Gasteiger partial charge on any atom is 0.140 e. The largest absolute Gasteiger partial charge is 0.326 e. The molecular weight excluding hydrogens is 390 g/mol. The predicted octanol–water partition coefficient (Wildman–Crippen LogP) is 7.42. The number of aromatic nitrogens is 2. The molecule has 32 heavy (non-hydrogen) atoms. The molecule has 1 unspecified atom stereocenters. The summed E-state index contributed by atoms with van der Waals surface area (Å²) in [6.45, 7) is 6.66. The van der Waals surface area contributed by atoms with E-state index in [0.717, 1.165) is 30.5 Å². The maximum absolute atomic E-state index is 5.26. The minimum atomic E-state index is 0.591. The van der Waals surface area contributed by atoms with Crippen LogP contribution in [0.5, 0.6) is 0 Å². The van der Waals surface area contributed by atoms with E-state index in [-0.39, 0.29) is 0 Å². The molecule has 4 rings (SSSR count). The van der Waals surface area contributed by atoms with Crippen molar-refractivity contribution in [3.8, 4) is 22.6 Å². The Labute approximate surface area is 194 Å². The molecule has 2 aromatic carbocycles. The van der Waals surface area contributed by atoms with E-state index in [9.17, 15) is 0 Å². The van der Waals surface area contributed by atoms with Gasteiger partial charge in [-0.2, -0.15) is 0 Å². The zero-order valence-corrected chi connectivity index (χ0v) is 20.1. The van der Waals surface area contributed by atoms with Crippen molar-refractivity contribution in [2.24, 2.45) is 5.92 Å². The first-order valence-corrected chi connectivity index (χ1v) is 12.6. The van der Waals surface area contributed by atoms with Gasteiger partial charge in [-0.25, -0.2) is 4.98 Å². The van der Waals surface area contributed by atoms with E-state index in [0.29, 0.717) is 6.04 Å². The Hall–Kier alpha value is -2.39. The van der Waals surface area contributed by atoms with E-state index in [1.165, 1.54) is 61.8 Å². The predicted molar refractivity (Wildman–Crippen MR) is 136 cm³/mol. The van der Waals surface area contributed by atoms with Gasteiger partial charge >= 0.3 is 0 Å². The summed E-state index contributed by atoms with van der Waals surface area (Å²) < 4.78 is 2.51. The van der Waals surface area contributed by atoms with Crippen LogP contribution in [-0.4, -0.2) is 27.5 Å². The summed E-state index contributed by atoms with van der Waals surface area (Å²) >= 11 is 0. The normalized spacial score (nSPS) is 15.9. The number of rotatable bonds is 9. The van der Waals surface area contributed by atoms with Crippen molar-refractivity contribution in [3.05, 3.63) is 66.4 Å². The van der Waals surface area contributed by atoms with E-state index in [1.54, 1.807) is 0 Å². The Morgan fingerprint density at radius 2 is 1.56 bits per heavy atom. The molecule has 0 aliphatic heterocycles. The quantitative estimate of drug-likeness (QED) is 0.353. The van der Waals surface area contributed by atoms with Gasteiger partial charge in [-0.3, -0.25) is 4.90 Å². The Kier molecular flexibility index (Phi) is 7.81. The highest BCUT2D eigenvalue weighted by atomic mass is 15.2. The van der Waals surface area contributed by atoms with Crippen molar-refractivity contribution in [2.45, 2.75) is 77.9 Å². The zero-order valence-electron chi connectivity index (χ0n) is 20.1. The molecule has 1 aliphatic carbocycles. The lowest BCUT2D eigenvalue weighted by molar-refractivity contribution is 0.149. The van der Waals surface area contributed by atoms with E-state index in [1.807, 2.05) is 0 Å². The van der Waals surface area contributed by atoms with Gasteiger partial charge in [0.05, 0.1) is 11.4 Å². The smallest absolute Gasteiger partial charge is 0.140 e. The topological polar surface area (TPSA) is 21.1 Å². The lowest BCUT2D eigenvalue weighted by Gasteiger charge is -2.34. The minimum absolute atomic E-state index is 0.591. The van der Waals surface area contributed by atoms with Crippen molar-refractivity contribution >= 4 is 0 Å².